The van der Waals surface area contributed by atoms with Crippen LogP contribution in [-0.4, -0.2) is 5.78 Å². The molecule has 0 spiro atoms. The van der Waals surface area contributed by atoms with E-state index in [-0.39, 0.29) is 11.6 Å². The average molecular weight is 312 g/mol. The summed E-state index contributed by atoms with van der Waals surface area (Å²) in [6.07, 6.45) is 4.11. The van der Waals surface area contributed by atoms with Gasteiger partial charge in [0.25, 0.3) is 0 Å². The molecule has 0 unspecified atom stereocenters. The molecular weight excluding hydrogens is 287 g/mol. The minimum absolute atomic E-state index is 0.000497. The smallest absolute Gasteiger partial charge is 0.162 e. The second-order valence-corrected chi connectivity index (χ2v) is 6.05. The van der Waals surface area contributed by atoms with Gasteiger partial charge in [-0.2, -0.15) is 0 Å². The van der Waals surface area contributed by atoms with E-state index in [4.69, 9.17) is 0 Å². The molecule has 2 aromatic rings. The number of benzene rings is 2. The Bertz CT molecular complexity index is 671. The SMILES string of the molecule is CCCc1ccc(CCc2ccc(C(=O)CC)c(C)c2F)cc1. The Morgan fingerprint density at radius 1 is 0.913 bits per heavy atom. The fraction of sp³-hybridized carbons (Fsp3) is 0.381. The van der Waals surface area contributed by atoms with Gasteiger partial charge in [-0.05, 0) is 48.4 Å². The normalized spacial score (nSPS) is 10.8. The fourth-order valence-electron chi connectivity index (χ4n) is 2.87. The van der Waals surface area contributed by atoms with Gasteiger partial charge in [0.2, 0.25) is 0 Å². The predicted molar refractivity (Wildman–Crippen MR) is 93.6 cm³/mol. The average Bonchev–Trinajstić information content (AvgIpc) is 2.57. The standard InChI is InChI=1S/C21H25FO/c1-4-6-16-7-9-17(10-8-16)11-12-18-13-14-19(20(23)5-2)15(3)21(18)22/h7-10,13-14H,4-6,11-12H2,1-3H3. The number of rotatable bonds is 7. The highest BCUT2D eigenvalue weighted by Gasteiger charge is 2.13. The molecule has 0 fully saturated rings. The molecule has 0 amide bonds. The molecule has 2 rings (SSSR count). The Labute approximate surface area is 138 Å². The third-order valence-electron chi connectivity index (χ3n) is 4.33. The first-order valence-corrected chi connectivity index (χ1v) is 8.45. The van der Waals surface area contributed by atoms with Gasteiger partial charge in [0.1, 0.15) is 5.82 Å². The van der Waals surface area contributed by atoms with Crippen LogP contribution in [0.15, 0.2) is 36.4 Å². The van der Waals surface area contributed by atoms with Crippen molar-refractivity contribution >= 4 is 5.78 Å². The lowest BCUT2D eigenvalue weighted by Gasteiger charge is -2.10. The van der Waals surface area contributed by atoms with Gasteiger partial charge < -0.3 is 0 Å². The van der Waals surface area contributed by atoms with Crippen molar-refractivity contribution in [1.82, 2.24) is 0 Å². The highest BCUT2D eigenvalue weighted by atomic mass is 19.1. The summed E-state index contributed by atoms with van der Waals surface area (Å²) in [6.45, 7) is 5.67. The maximum absolute atomic E-state index is 14.5. The van der Waals surface area contributed by atoms with Crippen molar-refractivity contribution < 1.29 is 9.18 Å². The number of carbonyl (C=O) groups excluding carboxylic acids is 1. The van der Waals surface area contributed by atoms with Crippen LogP contribution in [0, 0.1) is 12.7 Å². The number of carbonyl (C=O) groups is 1. The third kappa shape index (κ3) is 4.28. The molecule has 23 heavy (non-hydrogen) atoms. The van der Waals surface area contributed by atoms with Crippen LogP contribution >= 0.6 is 0 Å². The summed E-state index contributed by atoms with van der Waals surface area (Å²) >= 11 is 0. The van der Waals surface area contributed by atoms with Crippen molar-refractivity contribution in [1.29, 1.82) is 0 Å². The summed E-state index contributed by atoms with van der Waals surface area (Å²) in [4.78, 5) is 11.8. The number of hydrogen-bond donors (Lipinski definition) is 0. The molecule has 122 valence electrons. The van der Waals surface area contributed by atoms with Crippen molar-refractivity contribution in [2.45, 2.75) is 52.9 Å². The van der Waals surface area contributed by atoms with Crippen molar-refractivity contribution in [3.05, 3.63) is 70.0 Å². The van der Waals surface area contributed by atoms with Gasteiger partial charge in [-0.15, -0.1) is 0 Å². The van der Waals surface area contributed by atoms with Crippen LogP contribution in [0.25, 0.3) is 0 Å². The van der Waals surface area contributed by atoms with Crippen LogP contribution in [0.4, 0.5) is 4.39 Å². The van der Waals surface area contributed by atoms with E-state index in [0.29, 0.717) is 29.5 Å². The van der Waals surface area contributed by atoms with Gasteiger partial charge in [0.15, 0.2) is 5.78 Å². The summed E-state index contributed by atoms with van der Waals surface area (Å²) in [5, 5.41) is 0. The summed E-state index contributed by atoms with van der Waals surface area (Å²) in [6, 6.07) is 12.1. The van der Waals surface area contributed by atoms with E-state index >= 15 is 0 Å². The molecule has 0 saturated carbocycles. The molecule has 0 bridgehead atoms. The van der Waals surface area contributed by atoms with Crippen molar-refractivity contribution in [2.24, 2.45) is 0 Å². The van der Waals surface area contributed by atoms with Crippen molar-refractivity contribution in [3.63, 3.8) is 0 Å². The number of halogens is 1. The molecular formula is C21H25FO. The second kappa shape index (κ2) is 8.05. The zero-order valence-corrected chi connectivity index (χ0v) is 14.3. The minimum Gasteiger partial charge on any atom is -0.294 e. The fourth-order valence-corrected chi connectivity index (χ4v) is 2.87. The molecule has 0 saturated heterocycles. The molecule has 1 nitrogen and oxygen atoms in total. The Balaban J connectivity index is 2.08. The summed E-state index contributed by atoms with van der Waals surface area (Å²) in [7, 11) is 0. The van der Waals surface area contributed by atoms with Gasteiger partial charge in [-0.1, -0.05) is 56.7 Å². The molecule has 0 radical (unpaired) electrons. The quantitative estimate of drug-likeness (QED) is 0.620. The second-order valence-electron chi connectivity index (χ2n) is 6.05. The molecule has 0 heterocycles. The number of ketones is 1. The summed E-state index contributed by atoms with van der Waals surface area (Å²) in [5.41, 5.74) is 4.24. The van der Waals surface area contributed by atoms with E-state index in [1.165, 1.54) is 11.1 Å². The number of Topliss-reactive ketones (excluding diaryl/α,β-unsaturated/α-hetero) is 1. The molecule has 0 aliphatic heterocycles. The van der Waals surface area contributed by atoms with Crippen LogP contribution in [0.1, 0.15) is 59.3 Å². The zero-order chi connectivity index (χ0) is 16.8. The van der Waals surface area contributed by atoms with Gasteiger partial charge in [0, 0.05) is 12.0 Å². The topological polar surface area (TPSA) is 17.1 Å². The first-order chi connectivity index (χ1) is 11.1. The van der Waals surface area contributed by atoms with E-state index in [1.807, 2.05) is 0 Å². The Morgan fingerprint density at radius 2 is 1.52 bits per heavy atom. The van der Waals surface area contributed by atoms with Crippen LogP contribution < -0.4 is 0 Å². The lowest BCUT2D eigenvalue weighted by Crippen LogP contribution is -2.05. The first-order valence-electron chi connectivity index (χ1n) is 8.45. The van der Waals surface area contributed by atoms with E-state index in [1.54, 1.807) is 26.0 Å². The molecule has 0 N–H and O–H groups in total. The summed E-state index contributed by atoms with van der Waals surface area (Å²) in [5.74, 6) is -0.230. The lowest BCUT2D eigenvalue weighted by atomic mass is 9.96. The third-order valence-corrected chi connectivity index (χ3v) is 4.33. The monoisotopic (exact) mass is 312 g/mol. The van der Waals surface area contributed by atoms with Crippen LogP contribution in [0.2, 0.25) is 0 Å². The molecule has 0 aromatic heterocycles. The lowest BCUT2D eigenvalue weighted by molar-refractivity contribution is 0.0987. The van der Waals surface area contributed by atoms with Gasteiger partial charge in [-0.25, -0.2) is 4.39 Å². The highest BCUT2D eigenvalue weighted by molar-refractivity contribution is 5.97. The van der Waals surface area contributed by atoms with Crippen molar-refractivity contribution in [2.75, 3.05) is 0 Å². The molecule has 0 atom stereocenters. The van der Waals surface area contributed by atoms with Crippen LogP contribution in [0.3, 0.4) is 0 Å². The first kappa shape index (κ1) is 17.4. The van der Waals surface area contributed by atoms with Gasteiger partial charge >= 0.3 is 0 Å². The molecule has 2 heteroatoms. The molecule has 2 aromatic carbocycles. The number of aryl methyl sites for hydroxylation is 3. The Morgan fingerprint density at radius 3 is 2.09 bits per heavy atom. The van der Waals surface area contributed by atoms with E-state index in [2.05, 4.69) is 31.2 Å². The molecule has 0 aliphatic rings. The molecule has 0 aliphatic carbocycles. The Hall–Kier alpha value is -1.96. The highest BCUT2D eigenvalue weighted by Crippen LogP contribution is 2.20. The van der Waals surface area contributed by atoms with E-state index in [0.717, 1.165) is 19.3 Å². The number of hydrogen-bond acceptors (Lipinski definition) is 1. The largest absolute Gasteiger partial charge is 0.294 e. The zero-order valence-electron chi connectivity index (χ0n) is 14.3. The Kier molecular flexibility index (Phi) is 6.09. The summed E-state index contributed by atoms with van der Waals surface area (Å²) < 4.78 is 14.5. The van der Waals surface area contributed by atoms with Gasteiger partial charge in [-0.3, -0.25) is 4.79 Å². The maximum atomic E-state index is 14.5. The van der Waals surface area contributed by atoms with Crippen LogP contribution in [0.5, 0.6) is 0 Å². The van der Waals surface area contributed by atoms with Crippen LogP contribution in [-0.2, 0) is 19.3 Å². The van der Waals surface area contributed by atoms with E-state index in [9.17, 15) is 9.18 Å². The maximum Gasteiger partial charge on any atom is 0.162 e. The minimum atomic E-state index is -0.230. The van der Waals surface area contributed by atoms with E-state index < -0.39 is 0 Å². The van der Waals surface area contributed by atoms with Crippen molar-refractivity contribution in [3.8, 4) is 0 Å². The predicted octanol–water partition coefficient (Wildman–Crippen LogP) is 5.46. The van der Waals surface area contributed by atoms with Gasteiger partial charge in [0.05, 0.1) is 0 Å².